The van der Waals surface area contributed by atoms with Crippen molar-refractivity contribution < 1.29 is 19.2 Å². The fourth-order valence-corrected chi connectivity index (χ4v) is 7.48. The van der Waals surface area contributed by atoms with Crippen molar-refractivity contribution in [2.45, 2.75) is 62.6 Å². The van der Waals surface area contributed by atoms with Gasteiger partial charge in [-0.05, 0) is 69.3 Å². The van der Waals surface area contributed by atoms with Crippen LogP contribution in [-0.2, 0) is 9.59 Å². The molecule has 0 spiro atoms. The smallest absolute Gasteiger partial charge is 0.262 e. The lowest BCUT2D eigenvalue weighted by Gasteiger charge is -2.36. The molecule has 0 radical (unpaired) electrons. The second-order valence-corrected chi connectivity index (χ2v) is 13.9. The third kappa shape index (κ3) is 4.82. The van der Waals surface area contributed by atoms with E-state index in [9.17, 15) is 19.2 Å². The van der Waals surface area contributed by atoms with Crippen molar-refractivity contribution >= 4 is 40.2 Å². The molecule has 3 aliphatic heterocycles. The third-order valence-corrected chi connectivity index (χ3v) is 10.4. The van der Waals surface area contributed by atoms with Gasteiger partial charge in [-0.2, -0.15) is 10.2 Å². The van der Waals surface area contributed by atoms with Crippen molar-refractivity contribution in [3.05, 3.63) is 59.7 Å². The summed E-state index contributed by atoms with van der Waals surface area (Å²) in [6.07, 6.45) is 10.7. The molecule has 2 saturated heterocycles. The maximum absolute atomic E-state index is 13.2. The number of benzene rings is 1. The van der Waals surface area contributed by atoms with Crippen LogP contribution in [0, 0.1) is 5.92 Å². The van der Waals surface area contributed by atoms with Gasteiger partial charge in [0.25, 0.3) is 11.8 Å². The second-order valence-electron chi connectivity index (χ2n) is 13.9. The SMILES string of the molecule is CN1CC(n2cc3cnc(-c4cn(C5CC(CNc6ccc7c(c6)C(=O)N(C6CCC(=O)NC6=O)C7=O)C5)nc4C4CC4)cc3n2)C1. The average Bonchev–Trinajstić information content (AvgIpc) is 3.55. The maximum atomic E-state index is 13.2. The van der Waals surface area contributed by atoms with E-state index in [1.807, 2.05) is 6.20 Å². The monoisotopic (exact) mass is 633 g/mol. The third-order valence-electron chi connectivity index (χ3n) is 10.4. The summed E-state index contributed by atoms with van der Waals surface area (Å²) in [5.41, 5.74) is 5.46. The van der Waals surface area contributed by atoms with Crippen LogP contribution in [-0.4, -0.2) is 90.7 Å². The number of carbonyl (C=O) groups is 4. The Kier molecular flexibility index (Phi) is 6.36. The molecular formula is C34H35N9O4. The normalized spacial score (nSPS) is 24.8. The lowest BCUT2D eigenvalue weighted by atomic mass is 9.80. The minimum absolute atomic E-state index is 0.0955. The van der Waals surface area contributed by atoms with E-state index in [1.54, 1.807) is 18.2 Å². The Morgan fingerprint density at radius 2 is 1.68 bits per heavy atom. The van der Waals surface area contributed by atoms with Crippen LogP contribution in [0.4, 0.5) is 5.69 Å². The number of hydrogen-bond donors (Lipinski definition) is 2. The summed E-state index contributed by atoms with van der Waals surface area (Å²) in [6, 6.07) is 7.00. The molecule has 4 amide bonds. The molecule has 13 heteroatoms. The van der Waals surface area contributed by atoms with Crippen LogP contribution in [0.2, 0.25) is 0 Å². The standard InChI is InChI=1S/C34H35N9O4/c1-40-15-23(16-40)41-14-20-13-36-28(11-27(20)38-41)26-17-42(39-31(26)19-2-3-19)22-8-18(9-22)12-35-21-4-5-24-25(10-21)34(47)43(33(24)46)29-6-7-30(44)37-32(29)45/h4-5,10-11,13-14,17-19,22-23,29,35H,2-3,6-9,12,15-16H2,1H3,(H,37,44,45). The van der Waals surface area contributed by atoms with Crippen molar-refractivity contribution in [3.8, 4) is 11.3 Å². The fraction of sp³-hybridized carbons (Fsp3) is 0.441. The lowest BCUT2D eigenvalue weighted by Crippen LogP contribution is -2.54. The summed E-state index contributed by atoms with van der Waals surface area (Å²) in [4.78, 5) is 58.2. The van der Waals surface area contributed by atoms with Crippen molar-refractivity contribution in [1.29, 1.82) is 0 Å². The molecule has 0 bridgehead atoms. The average molecular weight is 634 g/mol. The summed E-state index contributed by atoms with van der Waals surface area (Å²) < 4.78 is 4.22. The first kappa shape index (κ1) is 28.3. The number of likely N-dealkylation sites (N-methyl/N-ethyl adjacent to an activating group) is 1. The van der Waals surface area contributed by atoms with Gasteiger partial charge >= 0.3 is 0 Å². The maximum Gasteiger partial charge on any atom is 0.262 e. The van der Waals surface area contributed by atoms with Crippen molar-refractivity contribution in [3.63, 3.8) is 0 Å². The molecule has 2 aliphatic carbocycles. The summed E-state index contributed by atoms with van der Waals surface area (Å²) in [5, 5.41) is 16.7. The van der Waals surface area contributed by atoms with E-state index in [4.69, 9.17) is 15.2 Å². The topological polar surface area (TPSA) is 147 Å². The Balaban J connectivity index is 0.853. The fourth-order valence-electron chi connectivity index (χ4n) is 7.48. The predicted molar refractivity (Wildman–Crippen MR) is 171 cm³/mol. The first-order valence-corrected chi connectivity index (χ1v) is 16.5. The number of aromatic nitrogens is 5. The number of imide groups is 2. The molecule has 13 nitrogen and oxygen atoms in total. The molecule has 1 unspecified atom stereocenters. The van der Waals surface area contributed by atoms with E-state index in [-0.39, 0.29) is 29.9 Å². The number of amides is 4. The number of rotatable bonds is 8. The van der Waals surface area contributed by atoms with Gasteiger partial charge < -0.3 is 10.2 Å². The quantitative estimate of drug-likeness (QED) is 0.279. The summed E-state index contributed by atoms with van der Waals surface area (Å²) in [6.45, 7) is 2.77. The number of hydrogen-bond acceptors (Lipinski definition) is 9. The summed E-state index contributed by atoms with van der Waals surface area (Å²) in [5.74, 6) is -1.07. The zero-order valence-corrected chi connectivity index (χ0v) is 26.1. The minimum Gasteiger partial charge on any atom is -0.385 e. The number of likely N-dealkylation sites (tertiary alicyclic amines) is 1. The van der Waals surface area contributed by atoms with Gasteiger partial charge in [-0.1, -0.05) is 0 Å². The van der Waals surface area contributed by atoms with Crippen LogP contribution in [0.3, 0.4) is 0 Å². The van der Waals surface area contributed by atoms with Crippen LogP contribution >= 0.6 is 0 Å². The largest absolute Gasteiger partial charge is 0.385 e. The number of nitrogens with zero attached hydrogens (tertiary/aromatic N) is 7. The zero-order chi connectivity index (χ0) is 32.0. The highest BCUT2D eigenvalue weighted by molar-refractivity contribution is 6.23. The number of anilines is 1. The number of fused-ring (bicyclic) bond motifs is 2. The number of pyridine rings is 1. The molecule has 240 valence electrons. The number of nitrogens with one attached hydrogen (secondary N) is 2. The molecule has 2 N–H and O–H groups in total. The molecule has 6 heterocycles. The molecule has 4 fully saturated rings. The molecule has 3 aromatic heterocycles. The van der Waals surface area contributed by atoms with Gasteiger partial charge in [0.1, 0.15) is 6.04 Å². The molecule has 9 rings (SSSR count). The van der Waals surface area contributed by atoms with Crippen LogP contribution in [0.1, 0.15) is 82.9 Å². The number of piperidine rings is 1. The molecule has 5 aliphatic rings. The molecule has 4 aromatic rings. The van der Waals surface area contributed by atoms with Gasteiger partial charge in [0.15, 0.2) is 0 Å². The van der Waals surface area contributed by atoms with E-state index < -0.39 is 23.8 Å². The van der Waals surface area contributed by atoms with Gasteiger partial charge in [-0.15, -0.1) is 0 Å². The van der Waals surface area contributed by atoms with Crippen LogP contribution in [0.15, 0.2) is 42.9 Å². The van der Waals surface area contributed by atoms with Gasteiger partial charge in [0.05, 0.1) is 40.1 Å². The first-order chi connectivity index (χ1) is 22.8. The Morgan fingerprint density at radius 1 is 0.894 bits per heavy atom. The van der Waals surface area contributed by atoms with E-state index >= 15 is 0 Å². The Bertz CT molecular complexity index is 1980. The lowest BCUT2D eigenvalue weighted by molar-refractivity contribution is -0.136. The Hall–Kier alpha value is -4.91. The van der Waals surface area contributed by atoms with Gasteiger partial charge in [-0.25, -0.2) is 0 Å². The van der Waals surface area contributed by atoms with E-state index in [0.29, 0.717) is 23.9 Å². The van der Waals surface area contributed by atoms with E-state index in [1.165, 1.54) is 0 Å². The van der Waals surface area contributed by atoms with Crippen LogP contribution in [0.5, 0.6) is 0 Å². The van der Waals surface area contributed by atoms with Gasteiger partial charge in [0.2, 0.25) is 11.8 Å². The molecular weight excluding hydrogens is 598 g/mol. The van der Waals surface area contributed by atoms with Crippen LogP contribution < -0.4 is 10.6 Å². The zero-order valence-electron chi connectivity index (χ0n) is 26.1. The molecule has 1 aromatic carbocycles. The highest BCUT2D eigenvalue weighted by atomic mass is 16.2. The van der Waals surface area contributed by atoms with E-state index in [0.717, 1.165) is 83.8 Å². The highest BCUT2D eigenvalue weighted by Gasteiger charge is 2.45. The van der Waals surface area contributed by atoms with Crippen molar-refractivity contribution in [2.75, 3.05) is 32.0 Å². The second kappa shape index (κ2) is 10.6. The van der Waals surface area contributed by atoms with Crippen LogP contribution in [0.25, 0.3) is 22.2 Å². The number of carbonyl (C=O) groups excluding carboxylic acids is 4. The Labute approximate surface area is 270 Å². The molecule has 2 saturated carbocycles. The van der Waals surface area contributed by atoms with Gasteiger partial charge in [-0.3, -0.25) is 43.7 Å². The highest BCUT2D eigenvalue weighted by Crippen LogP contribution is 2.46. The van der Waals surface area contributed by atoms with Crippen molar-refractivity contribution in [1.82, 2.24) is 39.7 Å². The molecule has 1 atom stereocenters. The van der Waals surface area contributed by atoms with E-state index in [2.05, 4.69) is 50.4 Å². The minimum atomic E-state index is -0.969. The first-order valence-electron chi connectivity index (χ1n) is 16.5. The summed E-state index contributed by atoms with van der Waals surface area (Å²) in [7, 11) is 2.12. The Morgan fingerprint density at radius 3 is 2.45 bits per heavy atom. The van der Waals surface area contributed by atoms with Gasteiger partial charge in [0, 0.05) is 67.2 Å². The van der Waals surface area contributed by atoms with Crippen molar-refractivity contribution in [2.24, 2.45) is 5.92 Å². The predicted octanol–water partition coefficient (Wildman–Crippen LogP) is 3.12. The molecule has 47 heavy (non-hydrogen) atoms. The summed E-state index contributed by atoms with van der Waals surface area (Å²) >= 11 is 0.